The summed E-state index contributed by atoms with van der Waals surface area (Å²) in [5, 5.41) is 0.704. The molecular formula is C12H17ClN4. The maximum atomic E-state index is 6.02. The lowest BCUT2D eigenvalue weighted by atomic mass is 10.2. The minimum absolute atomic E-state index is 0.258. The first-order valence-electron chi connectivity index (χ1n) is 5.56. The van der Waals surface area contributed by atoms with Gasteiger partial charge in [0.25, 0.3) is 0 Å². The number of benzene rings is 1. The first-order valence-corrected chi connectivity index (χ1v) is 5.94. The molecule has 17 heavy (non-hydrogen) atoms. The topological polar surface area (TPSA) is 47.1 Å². The molecule has 0 spiro atoms. The Morgan fingerprint density at radius 1 is 1.47 bits per heavy atom. The molecule has 1 aromatic heterocycles. The third kappa shape index (κ3) is 2.37. The second kappa shape index (κ2) is 4.55. The monoisotopic (exact) mass is 252 g/mol. The van der Waals surface area contributed by atoms with Crippen LogP contribution in [0.4, 0.5) is 5.95 Å². The molecule has 2 aromatic rings. The largest absolute Gasteiger partial charge is 0.369 e. The normalized spacial score (nSPS) is 13.5. The van der Waals surface area contributed by atoms with Gasteiger partial charge in [-0.15, -0.1) is 0 Å². The molecule has 5 heteroatoms. The summed E-state index contributed by atoms with van der Waals surface area (Å²) in [4.78, 5) is 6.47. The highest BCUT2D eigenvalue weighted by Crippen LogP contribution is 2.25. The number of nitrogens with two attached hydrogens (primary N) is 1. The fourth-order valence-electron chi connectivity index (χ4n) is 2.16. The smallest absolute Gasteiger partial charge is 0.201 e. The number of hydrogen-bond donors (Lipinski definition) is 1. The Bertz CT molecular complexity index is 533. The zero-order valence-corrected chi connectivity index (χ0v) is 11.1. The van der Waals surface area contributed by atoms with Crippen LogP contribution in [0.3, 0.4) is 0 Å². The average molecular weight is 253 g/mol. The number of nitrogen functional groups attached to an aromatic ring is 1. The number of aromatic nitrogens is 2. The summed E-state index contributed by atoms with van der Waals surface area (Å²) in [6.45, 7) is 3.03. The Hall–Kier alpha value is -1.26. The lowest BCUT2D eigenvalue weighted by molar-refractivity contribution is 0.342. The van der Waals surface area contributed by atoms with Gasteiger partial charge in [-0.2, -0.15) is 0 Å². The Labute approximate surface area is 106 Å². The zero-order valence-electron chi connectivity index (χ0n) is 10.3. The van der Waals surface area contributed by atoms with Gasteiger partial charge in [0.1, 0.15) is 0 Å². The van der Waals surface area contributed by atoms with Crippen molar-refractivity contribution in [3.05, 3.63) is 23.2 Å². The molecule has 0 saturated carbocycles. The van der Waals surface area contributed by atoms with Crippen molar-refractivity contribution >= 4 is 28.6 Å². The molecule has 0 fully saturated rings. The number of imidazole rings is 1. The zero-order chi connectivity index (χ0) is 12.6. The van der Waals surface area contributed by atoms with E-state index in [0.717, 1.165) is 17.6 Å². The minimum atomic E-state index is 0.258. The second-order valence-electron chi connectivity index (χ2n) is 4.58. The number of fused-ring (bicyclic) bond motifs is 1. The maximum absolute atomic E-state index is 6.02. The molecule has 0 aliphatic rings. The summed E-state index contributed by atoms with van der Waals surface area (Å²) in [5.74, 6) is 0.539. The van der Waals surface area contributed by atoms with Gasteiger partial charge in [-0.1, -0.05) is 11.6 Å². The van der Waals surface area contributed by atoms with Crippen LogP contribution in [-0.4, -0.2) is 35.1 Å². The average Bonchev–Trinajstić information content (AvgIpc) is 2.52. The summed E-state index contributed by atoms with van der Waals surface area (Å²) in [5.41, 5.74) is 7.85. The summed E-state index contributed by atoms with van der Waals surface area (Å²) < 4.78 is 2.03. The van der Waals surface area contributed by atoms with Gasteiger partial charge in [0.15, 0.2) is 0 Å². The summed E-state index contributed by atoms with van der Waals surface area (Å²) in [6, 6.07) is 5.89. The first-order chi connectivity index (χ1) is 7.99. The molecule has 1 atom stereocenters. The van der Waals surface area contributed by atoms with E-state index in [1.807, 2.05) is 36.9 Å². The highest BCUT2D eigenvalue weighted by atomic mass is 35.5. The van der Waals surface area contributed by atoms with Crippen molar-refractivity contribution in [1.29, 1.82) is 0 Å². The SMILES string of the molecule is CC(CN(C)C)n1c(N)nc2ccc(Cl)cc21. The van der Waals surface area contributed by atoms with Crippen LogP contribution in [0.15, 0.2) is 18.2 Å². The number of halogens is 1. The molecular weight excluding hydrogens is 236 g/mol. The summed E-state index contributed by atoms with van der Waals surface area (Å²) in [6.07, 6.45) is 0. The Kier molecular flexibility index (Phi) is 3.26. The lowest BCUT2D eigenvalue weighted by Gasteiger charge is -2.20. The van der Waals surface area contributed by atoms with Crippen molar-refractivity contribution < 1.29 is 0 Å². The van der Waals surface area contributed by atoms with E-state index in [0.29, 0.717) is 11.0 Å². The predicted molar refractivity (Wildman–Crippen MR) is 72.4 cm³/mol. The van der Waals surface area contributed by atoms with E-state index in [-0.39, 0.29) is 6.04 Å². The molecule has 1 aromatic carbocycles. The molecule has 1 unspecified atom stereocenters. The molecule has 0 bridgehead atoms. The summed E-state index contributed by atoms with van der Waals surface area (Å²) in [7, 11) is 4.08. The fraction of sp³-hybridized carbons (Fsp3) is 0.417. The van der Waals surface area contributed by atoms with Gasteiger partial charge in [0, 0.05) is 17.6 Å². The number of anilines is 1. The van der Waals surface area contributed by atoms with Crippen LogP contribution in [0.25, 0.3) is 11.0 Å². The van der Waals surface area contributed by atoms with Crippen molar-refractivity contribution in [2.45, 2.75) is 13.0 Å². The van der Waals surface area contributed by atoms with Crippen LogP contribution >= 0.6 is 11.6 Å². The van der Waals surface area contributed by atoms with Gasteiger partial charge in [0.2, 0.25) is 5.95 Å². The van der Waals surface area contributed by atoms with Crippen molar-refractivity contribution in [2.75, 3.05) is 26.4 Å². The van der Waals surface area contributed by atoms with E-state index in [4.69, 9.17) is 17.3 Å². The second-order valence-corrected chi connectivity index (χ2v) is 5.02. The van der Waals surface area contributed by atoms with Crippen molar-refractivity contribution in [1.82, 2.24) is 14.5 Å². The number of likely N-dealkylation sites (N-methyl/N-ethyl adjacent to an activating group) is 1. The van der Waals surface area contributed by atoms with Crippen LogP contribution < -0.4 is 5.73 Å². The van der Waals surface area contributed by atoms with Crippen molar-refractivity contribution in [2.24, 2.45) is 0 Å². The molecule has 0 saturated heterocycles. The highest BCUT2D eigenvalue weighted by molar-refractivity contribution is 6.31. The van der Waals surface area contributed by atoms with E-state index in [9.17, 15) is 0 Å². The van der Waals surface area contributed by atoms with E-state index < -0.39 is 0 Å². The molecule has 0 aliphatic carbocycles. The van der Waals surface area contributed by atoms with Gasteiger partial charge < -0.3 is 15.2 Å². The Morgan fingerprint density at radius 3 is 2.82 bits per heavy atom. The molecule has 92 valence electrons. The summed E-state index contributed by atoms with van der Waals surface area (Å²) >= 11 is 6.02. The predicted octanol–water partition coefficient (Wildman–Crippen LogP) is 2.39. The number of hydrogen-bond acceptors (Lipinski definition) is 3. The quantitative estimate of drug-likeness (QED) is 0.913. The van der Waals surface area contributed by atoms with Crippen LogP contribution in [0.5, 0.6) is 0 Å². The van der Waals surface area contributed by atoms with Crippen LogP contribution in [0.2, 0.25) is 5.02 Å². The van der Waals surface area contributed by atoms with Crippen LogP contribution in [-0.2, 0) is 0 Å². The van der Waals surface area contributed by atoms with Crippen LogP contribution in [0.1, 0.15) is 13.0 Å². The van der Waals surface area contributed by atoms with Gasteiger partial charge in [-0.3, -0.25) is 0 Å². The molecule has 2 N–H and O–H groups in total. The maximum Gasteiger partial charge on any atom is 0.201 e. The van der Waals surface area contributed by atoms with Crippen molar-refractivity contribution in [3.63, 3.8) is 0 Å². The van der Waals surface area contributed by atoms with Gasteiger partial charge in [-0.25, -0.2) is 4.98 Å². The van der Waals surface area contributed by atoms with Gasteiger partial charge in [0.05, 0.1) is 11.0 Å². The first kappa shape index (κ1) is 12.2. The van der Waals surface area contributed by atoms with E-state index in [1.165, 1.54) is 0 Å². The van der Waals surface area contributed by atoms with Gasteiger partial charge >= 0.3 is 0 Å². The van der Waals surface area contributed by atoms with E-state index >= 15 is 0 Å². The number of nitrogens with zero attached hydrogens (tertiary/aromatic N) is 3. The number of rotatable bonds is 3. The molecule has 0 radical (unpaired) electrons. The van der Waals surface area contributed by atoms with E-state index in [2.05, 4.69) is 16.8 Å². The third-order valence-electron chi connectivity index (χ3n) is 2.75. The fourth-order valence-corrected chi connectivity index (χ4v) is 2.32. The van der Waals surface area contributed by atoms with Crippen LogP contribution in [0, 0.1) is 0 Å². The molecule has 4 nitrogen and oxygen atoms in total. The highest BCUT2D eigenvalue weighted by Gasteiger charge is 2.14. The molecule has 1 heterocycles. The molecule has 2 rings (SSSR count). The van der Waals surface area contributed by atoms with Gasteiger partial charge in [-0.05, 0) is 39.2 Å². The minimum Gasteiger partial charge on any atom is -0.369 e. The third-order valence-corrected chi connectivity index (χ3v) is 2.98. The molecule has 0 amide bonds. The Balaban J connectivity index is 2.51. The lowest BCUT2D eigenvalue weighted by Crippen LogP contribution is -2.23. The van der Waals surface area contributed by atoms with E-state index in [1.54, 1.807) is 0 Å². The molecule has 0 aliphatic heterocycles. The standard InChI is InChI=1S/C12H17ClN4/c1-8(7-16(2)3)17-11-6-9(13)4-5-10(11)15-12(17)14/h4-6,8H,7H2,1-3H3,(H2,14,15). The van der Waals surface area contributed by atoms with Crippen molar-refractivity contribution in [3.8, 4) is 0 Å². The Morgan fingerprint density at radius 2 is 2.18 bits per heavy atom.